The molecule has 0 unspecified atom stereocenters. The van der Waals surface area contributed by atoms with Crippen LogP contribution in [0.3, 0.4) is 0 Å². The standard InChI is InChI=1S/C17H14Cl3N3OS/c1-23-16(9-24-15-6-5-13(19)8-14(15)20)21-22-17(23)25-10-11-3-2-4-12(18)7-11/h2-8H,9-10H2,1H3. The van der Waals surface area contributed by atoms with E-state index >= 15 is 0 Å². The molecule has 0 aliphatic carbocycles. The van der Waals surface area contributed by atoms with Gasteiger partial charge in [0.2, 0.25) is 0 Å². The Bertz CT molecular complexity index is 885. The molecule has 1 heterocycles. The summed E-state index contributed by atoms with van der Waals surface area (Å²) in [5, 5.41) is 11.0. The van der Waals surface area contributed by atoms with E-state index in [1.165, 1.54) is 0 Å². The highest BCUT2D eigenvalue weighted by Gasteiger charge is 2.11. The molecule has 4 nitrogen and oxygen atoms in total. The Balaban J connectivity index is 1.62. The van der Waals surface area contributed by atoms with Gasteiger partial charge in [0.05, 0.1) is 5.02 Å². The second kappa shape index (κ2) is 8.32. The molecule has 25 heavy (non-hydrogen) atoms. The van der Waals surface area contributed by atoms with Gasteiger partial charge >= 0.3 is 0 Å². The minimum atomic E-state index is 0.266. The van der Waals surface area contributed by atoms with Gasteiger partial charge in [-0.1, -0.05) is 58.7 Å². The van der Waals surface area contributed by atoms with Crippen molar-refractivity contribution in [2.24, 2.45) is 7.05 Å². The van der Waals surface area contributed by atoms with Gasteiger partial charge in [-0.15, -0.1) is 10.2 Å². The van der Waals surface area contributed by atoms with Gasteiger partial charge in [-0.2, -0.15) is 0 Å². The summed E-state index contributed by atoms with van der Waals surface area (Å²) in [7, 11) is 1.91. The molecule has 0 aliphatic rings. The normalized spacial score (nSPS) is 10.9. The van der Waals surface area contributed by atoms with E-state index in [0.717, 1.165) is 21.5 Å². The maximum absolute atomic E-state index is 6.10. The second-order valence-electron chi connectivity index (χ2n) is 5.24. The third kappa shape index (κ3) is 4.82. The Labute approximate surface area is 165 Å². The van der Waals surface area contributed by atoms with Crippen molar-refractivity contribution in [3.8, 4) is 5.75 Å². The quantitative estimate of drug-likeness (QED) is 0.489. The third-order valence-electron chi connectivity index (χ3n) is 3.43. The number of halogens is 3. The lowest BCUT2D eigenvalue weighted by Crippen LogP contribution is -2.04. The van der Waals surface area contributed by atoms with Gasteiger partial charge in [0, 0.05) is 22.8 Å². The molecule has 1 aromatic heterocycles. The summed E-state index contributed by atoms with van der Waals surface area (Å²) < 4.78 is 7.61. The van der Waals surface area contributed by atoms with Crippen LogP contribution in [-0.2, 0) is 19.4 Å². The van der Waals surface area contributed by atoms with Gasteiger partial charge in [-0.05, 0) is 35.9 Å². The summed E-state index contributed by atoms with van der Waals surface area (Å²) >= 11 is 19.6. The van der Waals surface area contributed by atoms with Gasteiger partial charge in [0.15, 0.2) is 11.0 Å². The number of thioether (sulfide) groups is 1. The molecule has 0 aliphatic heterocycles. The number of rotatable bonds is 6. The number of hydrogen-bond acceptors (Lipinski definition) is 4. The highest BCUT2D eigenvalue weighted by atomic mass is 35.5. The molecule has 8 heteroatoms. The Morgan fingerprint density at radius 3 is 2.60 bits per heavy atom. The van der Waals surface area contributed by atoms with E-state index in [0.29, 0.717) is 21.6 Å². The summed E-state index contributed by atoms with van der Waals surface area (Å²) in [4.78, 5) is 0. The Morgan fingerprint density at radius 2 is 1.84 bits per heavy atom. The van der Waals surface area contributed by atoms with E-state index in [2.05, 4.69) is 10.2 Å². The zero-order valence-corrected chi connectivity index (χ0v) is 16.3. The molecule has 3 rings (SSSR count). The van der Waals surface area contributed by atoms with E-state index in [4.69, 9.17) is 39.5 Å². The molecule has 0 saturated carbocycles. The zero-order valence-electron chi connectivity index (χ0n) is 13.2. The van der Waals surface area contributed by atoms with Gasteiger partial charge < -0.3 is 9.30 Å². The fourth-order valence-electron chi connectivity index (χ4n) is 2.11. The average Bonchev–Trinajstić information content (AvgIpc) is 2.92. The van der Waals surface area contributed by atoms with E-state index in [1.807, 2.05) is 35.9 Å². The molecule has 2 aromatic carbocycles. The first-order valence-corrected chi connectivity index (χ1v) is 9.48. The minimum absolute atomic E-state index is 0.266. The Morgan fingerprint density at radius 1 is 1.04 bits per heavy atom. The van der Waals surface area contributed by atoms with Crippen molar-refractivity contribution in [1.29, 1.82) is 0 Å². The molecule has 0 atom stereocenters. The van der Waals surface area contributed by atoms with Crippen molar-refractivity contribution in [2.75, 3.05) is 0 Å². The summed E-state index contributed by atoms with van der Waals surface area (Å²) in [5.74, 6) is 2.03. The fraction of sp³-hybridized carbons (Fsp3) is 0.176. The molecule has 3 aromatic rings. The monoisotopic (exact) mass is 413 g/mol. The van der Waals surface area contributed by atoms with Gasteiger partial charge in [0.25, 0.3) is 0 Å². The van der Waals surface area contributed by atoms with Crippen LogP contribution < -0.4 is 4.74 Å². The molecule has 0 radical (unpaired) electrons. The number of hydrogen-bond donors (Lipinski definition) is 0. The summed E-state index contributed by atoms with van der Waals surface area (Å²) in [6, 6.07) is 12.9. The van der Waals surface area contributed by atoms with E-state index in [9.17, 15) is 0 Å². The smallest absolute Gasteiger partial charge is 0.191 e. The zero-order chi connectivity index (χ0) is 17.8. The number of benzene rings is 2. The van der Waals surface area contributed by atoms with Gasteiger partial charge in [-0.3, -0.25) is 0 Å². The van der Waals surface area contributed by atoms with Crippen LogP contribution in [0.5, 0.6) is 5.75 Å². The fourth-order valence-corrected chi connectivity index (χ4v) is 3.65. The van der Waals surface area contributed by atoms with Crippen LogP contribution in [0.2, 0.25) is 15.1 Å². The van der Waals surface area contributed by atoms with Crippen molar-refractivity contribution in [3.05, 3.63) is 68.9 Å². The molecule has 0 bridgehead atoms. The Hall–Kier alpha value is -1.40. The topological polar surface area (TPSA) is 39.9 Å². The van der Waals surface area contributed by atoms with Crippen molar-refractivity contribution < 1.29 is 4.74 Å². The average molecular weight is 415 g/mol. The third-order valence-corrected chi connectivity index (χ3v) is 5.29. The van der Waals surface area contributed by atoms with Crippen LogP contribution in [0.1, 0.15) is 11.4 Å². The largest absolute Gasteiger partial charge is 0.484 e. The molecule has 0 saturated heterocycles. The number of aromatic nitrogens is 3. The van der Waals surface area contributed by atoms with Crippen LogP contribution in [-0.4, -0.2) is 14.8 Å². The van der Waals surface area contributed by atoms with Crippen molar-refractivity contribution >= 4 is 46.6 Å². The Kier molecular flexibility index (Phi) is 6.12. The number of nitrogens with zero attached hydrogens (tertiary/aromatic N) is 3. The predicted octanol–water partition coefficient (Wildman–Crippen LogP) is 5.65. The van der Waals surface area contributed by atoms with Crippen molar-refractivity contribution in [2.45, 2.75) is 17.5 Å². The summed E-state index contributed by atoms with van der Waals surface area (Å²) in [6.07, 6.45) is 0. The van der Waals surface area contributed by atoms with E-state index < -0.39 is 0 Å². The second-order valence-corrected chi connectivity index (χ2v) is 7.46. The van der Waals surface area contributed by atoms with Crippen LogP contribution >= 0.6 is 46.6 Å². The molecule has 0 spiro atoms. The summed E-state index contributed by atoms with van der Waals surface area (Å²) in [5.41, 5.74) is 1.13. The van der Waals surface area contributed by atoms with Crippen LogP contribution in [0.15, 0.2) is 47.6 Å². The number of ether oxygens (including phenoxy) is 1. The lowest BCUT2D eigenvalue weighted by atomic mass is 10.2. The van der Waals surface area contributed by atoms with Gasteiger partial charge in [-0.25, -0.2) is 0 Å². The van der Waals surface area contributed by atoms with E-state index in [-0.39, 0.29) is 6.61 Å². The van der Waals surface area contributed by atoms with Crippen LogP contribution in [0.4, 0.5) is 0 Å². The van der Waals surface area contributed by atoms with E-state index in [1.54, 1.807) is 30.0 Å². The van der Waals surface area contributed by atoms with Crippen LogP contribution in [0, 0.1) is 0 Å². The SMILES string of the molecule is Cn1c(COc2ccc(Cl)cc2Cl)nnc1SCc1cccc(Cl)c1. The first-order chi connectivity index (χ1) is 12.0. The van der Waals surface area contributed by atoms with Crippen molar-refractivity contribution in [1.82, 2.24) is 14.8 Å². The highest BCUT2D eigenvalue weighted by molar-refractivity contribution is 7.98. The lowest BCUT2D eigenvalue weighted by Gasteiger charge is -2.08. The highest BCUT2D eigenvalue weighted by Crippen LogP contribution is 2.28. The maximum Gasteiger partial charge on any atom is 0.191 e. The van der Waals surface area contributed by atoms with Gasteiger partial charge in [0.1, 0.15) is 12.4 Å². The molecule has 0 N–H and O–H groups in total. The predicted molar refractivity (Wildman–Crippen MR) is 103 cm³/mol. The van der Waals surface area contributed by atoms with Crippen LogP contribution in [0.25, 0.3) is 0 Å². The summed E-state index contributed by atoms with van der Waals surface area (Å²) in [6.45, 7) is 0.266. The minimum Gasteiger partial charge on any atom is -0.484 e. The first-order valence-electron chi connectivity index (χ1n) is 7.36. The molecular formula is C17H14Cl3N3OS. The maximum atomic E-state index is 6.10. The molecule has 0 fully saturated rings. The lowest BCUT2D eigenvalue weighted by molar-refractivity contribution is 0.290. The van der Waals surface area contributed by atoms with Crippen molar-refractivity contribution in [3.63, 3.8) is 0 Å². The first kappa shape index (κ1) is 18.4. The molecule has 130 valence electrons. The molecule has 0 amide bonds. The molecular weight excluding hydrogens is 401 g/mol.